The largest absolute Gasteiger partial charge is 0.378 e. The molecule has 2 saturated heterocycles. The Labute approximate surface area is 168 Å². The number of aromatic nitrogens is 3. The van der Waals surface area contributed by atoms with Crippen molar-refractivity contribution in [2.75, 3.05) is 32.8 Å². The summed E-state index contributed by atoms with van der Waals surface area (Å²) in [6.07, 6.45) is 5.69. The van der Waals surface area contributed by atoms with E-state index in [-0.39, 0.29) is 30.0 Å². The summed E-state index contributed by atoms with van der Waals surface area (Å²) >= 11 is 0. The molecule has 0 N–H and O–H groups in total. The number of carbonyl (C=O) groups is 2. The molecule has 0 aromatic carbocycles. The van der Waals surface area contributed by atoms with Crippen LogP contribution in [-0.4, -0.2) is 81.4 Å². The highest BCUT2D eigenvalue weighted by atomic mass is 19.3. The van der Waals surface area contributed by atoms with Gasteiger partial charge in [0.15, 0.2) is 5.69 Å². The number of likely N-dealkylation sites (tertiary alicyclic amines) is 1. The maximum atomic E-state index is 14.1. The monoisotopic (exact) mass is 411 g/mol. The van der Waals surface area contributed by atoms with Gasteiger partial charge < -0.3 is 14.5 Å². The fraction of sp³-hybridized carbons (Fsp3) is 0.789. The van der Waals surface area contributed by atoms with E-state index in [4.69, 9.17) is 4.74 Å². The second kappa shape index (κ2) is 8.33. The van der Waals surface area contributed by atoms with Gasteiger partial charge in [-0.1, -0.05) is 24.5 Å². The molecule has 160 valence electrons. The molecule has 10 heteroatoms. The molecule has 1 aliphatic carbocycles. The molecule has 3 heterocycles. The third-order valence-electron chi connectivity index (χ3n) is 6.07. The SMILES string of the molecule is O=C(c1cn(C[C@@H]2CC(F)(F)CN2C(=O)C2CCCCC2)nn1)N1CCOCC1. The number of morpholine rings is 1. The van der Waals surface area contributed by atoms with E-state index in [1.54, 1.807) is 4.90 Å². The van der Waals surface area contributed by atoms with Crippen LogP contribution in [0, 0.1) is 5.92 Å². The summed E-state index contributed by atoms with van der Waals surface area (Å²) in [6.45, 7) is 1.51. The van der Waals surface area contributed by atoms with Crippen molar-refractivity contribution in [1.29, 1.82) is 0 Å². The Balaban J connectivity index is 1.43. The molecule has 0 spiro atoms. The highest BCUT2D eigenvalue weighted by molar-refractivity contribution is 5.92. The first-order valence-electron chi connectivity index (χ1n) is 10.4. The minimum Gasteiger partial charge on any atom is -0.378 e. The lowest BCUT2D eigenvalue weighted by Crippen LogP contribution is -2.42. The van der Waals surface area contributed by atoms with E-state index in [2.05, 4.69) is 10.3 Å². The number of amides is 2. The number of hydrogen-bond acceptors (Lipinski definition) is 5. The summed E-state index contributed by atoms with van der Waals surface area (Å²) in [7, 11) is 0. The van der Waals surface area contributed by atoms with Gasteiger partial charge in [0.05, 0.1) is 38.5 Å². The number of alkyl halides is 2. The van der Waals surface area contributed by atoms with Crippen LogP contribution in [0.4, 0.5) is 8.78 Å². The highest BCUT2D eigenvalue weighted by Crippen LogP contribution is 2.36. The maximum absolute atomic E-state index is 14.1. The Morgan fingerprint density at radius 3 is 2.62 bits per heavy atom. The van der Waals surface area contributed by atoms with Gasteiger partial charge in [-0.05, 0) is 12.8 Å². The zero-order valence-electron chi connectivity index (χ0n) is 16.4. The number of ether oxygens (including phenoxy) is 1. The molecule has 2 amide bonds. The van der Waals surface area contributed by atoms with Gasteiger partial charge in [0.25, 0.3) is 11.8 Å². The smallest absolute Gasteiger partial charge is 0.276 e. The zero-order valence-corrected chi connectivity index (χ0v) is 16.4. The second-order valence-corrected chi connectivity index (χ2v) is 8.25. The topological polar surface area (TPSA) is 80.6 Å². The Morgan fingerprint density at radius 1 is 1.17 bits per heavy atom. The molecule has 1 saturated carbocycles. The molecule has 0 radical (unpaired) electrons. The van der Waals surface area contributed by atoms with Crippen LogP contribution in [0.5, 0.6) is 0 Å². The molecule has 2 aliphatic heterocycles. The van der Waals surface area contributed by atoms with E-state index in [9.17, 15) is 18.4 Å². The van der Waals surface area contributed by atoms with Gasteiger partial charge >= 0.3 is 0 Å². The number of carbonyl (C=O) groups excluding carboxylic acids is 2. The third kappa shape index (κ3) is 4.57. The first kappa shape index (κ1) is 20.2. The highest BCUT2D eigenvalue weighted by Gasteiger charge is 2.48. The summed E-state index contributed by atoms with van der Waals surface area (Å²) < 4.78 is 34.9. The summed E-state index contributed by atoms with van der Waals surface area (Å²) in [6, 6.07) is -0.646. The van der Waals surface area contributed by atoms with Gasteiger partial charge in [0.1, 0.15) is 0 Å². The molecule has 3 aliphatic rings. The first-order valence-corrected chi connectivity index (χ1v) is 10.4. The van der Waals surface area contributed by atoms with Crippen LogP contribution in [-0.2, 0) is 16.1 Å². The number of nitrogens with zero attached hydrogens (tertiary/aromatic N) is 5. The molecule has 0 unspecified atom stereocenters. The molecular weight excluding hydrogens is 384 g/mol. The predicted molar refractivity (Wildman–Crippen MR) is 98.4 cm³/mol. The van der Waals surface area contributed by atoms with Crippen molar-refractivity contribution in [2.45, 2.75) is 57.0 Å². The fourth-order valence-electron chi connectivity index (χ4n) is 4.53. The van der Waals surface area contributed by atoms with E-state index in [0.29, 0.717) is 26.3 Å². The van der Waals surface area contributed by atoms with Crippen molar-refractivity contribution in [3.05, 3.63) is 11.9 Å². The van der Waals surface area contributed by atoms with Crippen molar-refractivity contribution >= 4 is 11.8 Å². The van der Waals surface area contributed by atoms with E-state index in [1.165, 1.54) is 15.8 Å². The predicted octanol–water partition coefficient (Wildman–Crippen LogP) is 1.57. The lowest BCUT2D eigenvalue weighted by molar-refractivity contribution is -0.138. The molecule has 4 rings (SSSR count). The average Bonchev–Trinajstić information content (AvgIpc) is 3.32. The summed E-state index contributed by atoms with van der Waals surface area (Å²) in [5.74, 6) is -3.47. The van der Waals surface area contributed by atoms with E-state index in [0.717, 1.165) is 32.1 Å². The van der Waals surface area contributed by atoms with Crippen molar-refractivity contribution < 1.29 is 23.1 Å². The van der Waals surface area contributed by atoms with Crippen molar-refractivity contribution in [3.8, 4) is 0 Å². The van der Waals surface area contributed by atoms with Gasteiger partial charge in [0, 0.05) is 25.4 Å². The van der Waals surface area contributed by atoms with E-state index in [1.807, 2.05) is 0 Å². The Kier molecular flexibility index (Phi) is 5.80. The standard InChI is InChI=1S/C19H27F2N5O3/c20-19(21)10-15(26(13-19)17(27)14-4-2-1-3-5-14)11-25-12-16(22-23-25)18(28)24-6-8-29-9-7-24/h12,14-15H,1-11,13H2/t15-/m0/s1. The number of rotatable bonds is 4. The molecule has 8 nitrogen and oxygen atoms in total. The third-order valence-corrected chi connectivity index (χ3v) is 6.07. The van der Waals surface area contributed by atoms with Crippen molar-refractivity contribution in [2.24, 2.45) is 5.92 Å². The van der Waals surface area contributed by atoms with Gasteiger partial charge in [0.2, 0.25) is 5.91 Å². The molecule has 3 fully saturated rings. The summed E-state index contributed by atoms with van der Waals surface area (Å²) in [5.41, 5.74) is 0.182. The van der Waals surface area contributed by atoms with Crippen molar-refractivity contribution in [3.63, 3.8) is 0 Å². The first-order chi connectivity index (χ1) is 13.9. The Morgan fingerprint density at radius 2 is 1.90 bits per heavy atom. The second-order valence-electron chi connectivity index (χ2n) is 8.25. The van der Waals surface area contributed by atoms with Crippen LogP contribution in [0.15, 0.2) is 6.20 Å². The zero-order chi connectivity index (χ0) is 20.4. The quantitative estimate of drug-likeness (QED) is 0.751. The van der Waals surface area contributed by atoms with Gasteiger partial charge in [-0.15, -0.1) is 5.10 Å². The molecule has 0 bridgehead atoms. The van der Waals surface area contributed by atoms with Crippen LogP contribution >= 0.6 is 0 Å². The summed E-state index contributed by atoms with van der Waals surface area (Å²) in [4.78, 5) is 28.4. The van der Waals surface area contributed by atoms with E-state index < -0.39 is 24.9 Å². The lowest BCUT2D eigenvalue weighted by atomic mass is 9.88. The fourth-order valence-corrected chi connectivity index (χ4v) is 4.53. The summed E-state index contributed by atoms with van der Waals surface area (Å²) in [5, 5.41) is 7.87. The van der Waals surface area contributed by atoms with E-state index >= 15 is 0 Å². The Hall–Kier alpha value is -2.10. The van der Waals surface area contributed by atoms with Gasteiger partial charge in [-0.3, -0.25) is 9.59 Å². The normalized spacial score (nSPS) is 25.4. The Bertz CT molecular complexity index is 744. The lowest BCUT2D eigenvalue weighted by Gasteiger charge is -2.30. The van der Waals surface area contributed by atoms with Crippen molar-refractivity contribution in [1.82, 2.24) is 24.8 Å². The number of halogens is 2. The van der Waals surface area contributed by atoms with Crippen LogP contribution in [0.3, 0.4) is 0 Å². The minimum atomic E-state index is -2.90. The molecule has 29 heavy (non-hydrogen) atoms. The molecule has 1 atom stereocenters. The molecule has 1 aromatic heterocycles. The number of hydrogen-bond donors (Lipinski definition) is 0. The molecular formula is C19H27F2N5O3. The van der Waals surface area contributed by atoms with Crippen LogP contribution in [0.25, 0.3) is 0 Å². The van der Waals surface area contributed by atoms with Gasteiger partial charge in [-0.25, -0.2) is 13.5 Å². The minimum absolute atomic E-state index is 0.109. The van der Waals surface area contributed by atoms with Crippen LogP contribution in [0.1, 0.15) is 49.0 Å². The van der Waals surface area contributed by atoms with Gasteiger partial charge in [-0.2, -0.15) is 0 Å². The van der Waals surface area contributed by atoms with Crippen LogP contribution < -0.4 is 0 Å². The maximum Gasteiger partial charge on any atom is 0.276 e. The molecule has 1 aromatic rings. The average molecular weight is 411 g/mol. The van der Waals surface area contributed by atoms with Crippen LogP contribution in [0.2, 0.25) is 0 Å².